The Bertz CT molecular complexity index is 216. The minimum atomic E-state index is -0.129. The smallest absolute Gasteiger partial charge is 0.243 e. The van der Waals surface area contributed by atoms with E-state index < -0.39 is 0 Å². The van der Waals surface area contributed by atoms with E-state index in [4.69, 9.17) is 4.74 Å². The van der Waals surface area contributed by atoms with E-state index in [1.54, 1.807) is 0 Å². The van der Waals surface area contributed by atoms with Crippen LogP contribution in [0.25, 0.3) is 0 Å². The third-order valence-electron chi connectivity index (χ3n) is 2.95. The maximum absolute atomic E-state index is 10.8. The van der Waals surface area contributed by atoms with Gasteiger partial charge < -0.3 is 10.1 Å². The van der Waals surface area contributed by atoms with Gasteiger partial charge in [0.25, 0.3) is 0 Å². The second kappa shape index (κ2) is 6.62. The van der Waals surface area contributed by atoms with E-state index in [2.05, 4.69) is 18.8 Å². The summed E-state index contributed by atoms with van der Waals surface area (Å²) < 4.78 is 5.74. The first-order valence-electron chi connectivity index (χ1n) is 5.76. The molecule has 1 N–H and O–H groups in total. The van der Waals surface area contributed by atoms with Crippen molar-refractivity contribution in [3.63, 3.8) is 0 Å². The summed E-state index contributed by atoms with van der Waals surface area (Å²) in [5.74, 6) is 0.532. The van der Waals surface area contributed by atoms with Gasteiger partial charge in [-0.15, -0.1) is 0 Å². The van der Waals surface area contributed by atoms with E-state index in [-0.39, 0.29) is 5.91 Å². The second-order valence-corrected chi connectivity index (χ2v) is 4.17. The number of rotatable bonds is 5. The monoisotopic (exact) mass is 211 g/mol. The minimum Gasteiger partial charge on any atom is -0.376 e. The number of ether oxygens (including phenoxy) is 1. The summed E-state index contributed by atoms with van der Waals surface area (Å²) in [5.41, 5.74) is 0. The molecule has 0 radical (unpaired) electrons. The summed E-state index contributed by atoms with van der Waals surface area (Å²) in [6.45, 7) is 6.81. The number of nitrogens with one attached hydrogen (secondary N) is 1. The Labute approximate surface area is 91.9 Å². The maximum atomic E-state index is 10.8. The lowest BCUT2D eigenvalue weighted by atomic mass is 9.88. The Balaban J connectivity index is 2.08. The quantitative estimate of drug-likeness (QED) is 0.557. The molecule has 1 fully saturated rings. The standard InChI is InChI=1S/C12H21NO2/c1-3-12(14)13-8-9-15-11-7-5-4-6-10(11)2/h3,10-11H,1,4-9H2,2H3,(H,13,14)/t10-,11-/m0/s1. The SMILES string of the molecule is C=CC(=O)NCCO[C@H]1CCCC[C@@H]1C. The van der Waals surface area contributed by atoms with Crippen LogP contribution in [-0.2, 0) is 9.53 Å². The highest BCUT2D eigenvalue weighted by Crippen LogP contribution is 2.25. The minimum absolute atomic E-state index is 0.129. The van der Waals surface area contributed by atoms with Gasteiger partial charge in [-0.05, 0) is 24.8 Å². The molecule has 0 aromatic rings. The fourth-order valence-corrected chi connectivity index (χ4v) is 1.99. The molecule has 1 rings (SSSR count). The van der Waals surface area contributed by atoms with Crippen LogP contribution in [0.1, 0.15) is 32.6 Å². The topological polar surface area (TPSA) is 38.3 Å². The molecule has 86 valence electrons. The fraction of sp³-hybridized carbons (Fsp3) is 0.750. The summed E-state index contributed by atoms with van der Waals surface area (Å²) in [4.78, 5) is 10.8. The van der Waals surface area contributed by atoms with Crippen LogP contribution in [0.5, 0.6) is 0 Å². The molecule has 0 spiro atoms. The Morgan fingerprint density at radius 1 is 1.53 bits per heavy atom. The largest absolute Gasteiger partial charge is 0.376 e. The first-order chi connectivity index (χ1) is 7.24. The Morgan fingerprint density at radius 2 is 2.27 bits per heavy atom. The summed E-state index contributed by atoms with van der Waals surface area (Å²) in [7, 11) is 0. The van der Waals surface area contributed by atoms with Crippen LogP contribution in [0.3, 0.4) is 0 Å². The van der Waals surface area contributed by atoms with Gasteiger partial charge in [-0.3, -0.25) is 4.79 Å². The van der Waals surface area contributed by atoms with Gasteiger partial charge in [0, 0.05) is 6.54 Å². The van der Waals surface area contributed by atoms with Gasteiger partial charge in [-0.25, -0.2) is 0 Å². The lowest BCUT2D eigenvalue weighted by Crippen LogP contribution is -2.31. The normalized spacial score (nSPS) is 25.9. The van der Waals surface area contributed by atoms with Gasteiger partial charge >= 0.3 is 0 Å². The fourth-order valence-electron chi connectivity index (χ4n) is 1.99. The van der Waals surface area contributed by atoms with Crippen LogP contribution >= 0.6 is 0 Å². The van der Waals surface area contributed by atoms with Crippen molar-refractivity contribution < 1.29 is 9.53 Å². The Hall–Kier alpha value is -0.830. The van der Waals surface area contributed by atoms with Crippen molar-refractivity contribution in [3.8, 4) is 0 Å². The lowest BCUT2D eigenvalue weighted by molar-refractivity contribution is -0.116. The maximum Gasteiger partial charge on any atom is 0.243 e. The highest BCUT2D eigenvalue weighted by atomic mass is 16.5. The summed E-state index contributed by atoms with van der Waals surface area (Å²) in [5, 5.41) is 2.70. The molecule has 0 heterocycles. The van der Waals surface area contributed by atoms with E-state index in [9.17, 15) is 4.79 Å². The number of hydrogen-bond acceptors (Lipinski definition) is 2. The van der Waals surface area contributed by atoms with Crippen molar-refractivity contribution in [3.05, 3.63) is 12.7 Å². The van der Waals surface area contributed by atoms with E-state index in [1.807, 2.05) is 0 Å². The molecule has 0 saturated heterocycles. The molecule has 1 saturated carbocycles. The van der Waals surface area contributed by atoms with Gasteiger partial charge in [0.1, 0.15) is 0 Å². The highest BCUT2D eigenvalue weighted by molar-refractivity contribution is 5.86. The van der Waals surface area contributed by atoms with Crippen LogP contribution in [0.4, 0.5) is 0 Å². The lowest BCUT2D eigenvalue weighted by Gasteiger charge is -2.28. The van der Waals surface area contributed by atoms with Crippen LogP contribution < -0.4 is 5.32 Å². The van der Waals surface area contributed by atoms with Crippen molar-refractivity contribution in [2.45, 2.75) is 38.7 Å². The molecule has 0 unspecified atom stereocenters. The molecule has 0 aromatic carbocycles. The summed E-state index contributed by atoms with van der Waals surface area (Å²) in [6.07, 6.45) is 6.70. The van der Waals surface area contributed by atoms with E-state index >= 15 is 0 Å². The van der Waals surface area contributed by atoms with Crippen LogP contribution in [0, 0.1) is 5.92 Å². The van der Waals surface area contributed by atoms with Gasteiger partial charge in [0.15, 0.2) is 0 Å². The van der Waals surface area contributed by atoms with Crippen molar-refractivity contribution in [2.75, 3.05) is 13.2 Å². The molecule has 3 heteroatoms. The van der Waals surface area contributed by atoms with E-state index in [0.717, 1.165) is 6.42 Å². The number of carbonyl (C=O) groups excluding carboxylic acids is 1. The number of carbonyl (C=O) groups is 1. The Kier molecular flexibility index (Phi) is 5.40. The molecular weight excluding hydrogens is 190 g/mol. The van der Waals surface area contributed by atoms with Crippen molar-refractivity contribution in [1.82, 2.24) is 5.32 Å². The molecule has 3 nitrogen and oxygen atoms in total. The molecule has 0 aliphatic heterocycles. The van der Waals surface area contributed by atoms with Gasteiger partial charge in [0.05, 0.1) is 12.7 Å². The number of amides is 1. The number of hydrogen-bond donors (Lipinski definition) is 1. The average molecular weight is 211 g/mol. The molecule has 15 heavy (non-hydrogen) atoms. The van der Waals surface area contributed by atoms with Gasteiger partial charge in [-0.1, -0.05) is 26.3 Å². The predicted molar refractivity (Wildman–Crippen MR) is 60.6 cm³/mol. The third kappa shape index (κ3) is 4.47. The van der Waals surface area contributed by atoms with Gasteiger partial charge in [-0.2, -0.15) is 0 Å². The molecule has 1 amide bonds. The molecular formula is C12H21NO2. The van der Waals surface area contributed by atoms with E-state index in [0.29, 0.717) is 25.2 Å². The highest BCUT2D eigenvalue weighted by Gasteiger charge is 2.21. The van der Waals surface area contributed by atoms with Gasteiger partial charge in [0.2, 0.25) is 5.91 Å². The molecule has 0 bridgehead atoms. The Morgan fingerprint density at radius 3 is 2.93 bits per heavy atom. The zero-order valence-corrected chi connectivity index (χ0v) is 9.50. The molecule has 0 aromatic heterocycles. The van der Waals surface area contributed by atoms with Crippen LogP contribution in [0.15, 0.2) is 12.7 Å². The predicted octanol–water partition coefficient (Wildman–Crippen LogP) is 1.88. The van der Waals surface area contributed by atoms with Crippen LogP contribution in [0.2, 0.25) is 0 Å². The average Bonchev–Trinajstić information content (AvgIpc) is 2.26. The first kappa shape index (κ1) is 12.2. The second-order valence-electron chi connectivity index (χ2n) is 4.17. The molecule has 1 aliphatic carbocycles. The van der Waals surface area contributed by atoms with Crippen molar-refractivity contribution in [2.24, 2.45) is 5.92 Å². The first-order valence-corrected chi connectivity index (χ1v) is 5.76. The third-order valence-corrected chi connectivity index (χ3v) is 2.95. The van der Waals surface area contributed by atoms with E-state index in [1.165, 1.54) is 25.3 Å². The summed E-state index contributed by atoms with van der Waals surface area (Å²) in [6, 6.07) is 0. The van der Waals surface area contributed by atoms with Crippen molar-refractivity contribution in [1.29, 1.82) is 0 Å². The zero-order chi connectivity index (χ0) is 11.1. The zero-order valence-electron chi connectivity index (χ0n) is 9.50. The van der Waals surface area contributed by atoms with Crippen LogP contribution in [-0.4, -0.2) is 25.2 Å². The summed E-state index contributed by atoms with van der Waals surface area (Å²) >= 11 is 0. The van der Waals surface area contributed by atoms with Crippen molar-refractivity contribution >= 4 is 5.91 Å². The molecule has 1 aliphatic rings. The molecule has 2 atom stereocenters.